The number of carbonyl (C=O) groups is 2. The molecule has 148 valence electrons. The number of hydrogen-bond acceptors (Lipinski definition) is 9. The molecule has 0 aliphatic rings. The molecule has 9 nitrogen and oxygen atoms in total. The minimum absolute atomic E-state index is 0.0848. The smallest absolute Gasteiger partial charge is 0.337 e. The summed E-state index contributed by atoms with van der Waals surface area (Å²) in [5.41, 5.74) is 6.91. The van der Waals surface area contributed by atoms with Gasteiger partial charge in [-0.1, -0.05) is 0 Å². The molecule has 29 heavy (non-hydrogen) atoms. The van der Waals surface area contributed by atoms with Crippen LogP contribution in [-0.2, 0) is 9.47 Å². The van der Waals surface area contributed by atoms with Crippen molar-refractivity contribution in [3.63, 3.8) is 0 Å². The van der Waals surface area contributed by atoms with Crippen molar-refractivity contribution >= 4 is 17.6 Å². The molecule has 0 saturated heterocycles. The number of rotatable bonds is 6. The Labute approximate surface area is 166 Å². The number of esters is 2. The summed E-state index contributed by atoms with van der Waals surface area (Å²) < 4.78 is 20.6. The first-order valence-corrected chi connectivity index (χ1v) is 8.34. The van der Waals surface area contributed by atoms with E-state index in [0.29, 0.717) is 22.6 Å². The lowest BCUT2D eigenvalue weighted by atomic mass is 10.2. The van der Waals surface area contributed by atoms with E-state index in [9.17, 15) is 9.59 Å². The molecule has 0 aliphatic carbocycles. The fourth-order valence-electron chi connectivity index (χ4n) is 2.30. The maximum Gasteiger partial charge on any atom is 0.337 e. The molecule has 0 bridgehead atoms. The second-order valence-corrected chi connectivity index (χ2v) is 5.63. The molecule has 0 aliphatic heterocycles. The van der Waals surface area contributed by atoms with E-state index in [2.05, 4.69) is 19.4 Å². The second-order valence-electron chi connectivity index (χ2n) is 5.63. The Bertz CT molecular complexity index is 940. The molecule has 0 amide bonds. The Hall–Kier alpha value is -4.14. The molecule has 2 aromatic carbocycles. The van der Waals surface area contributed by atoms with Gasteiger partial charge in [0.15, 0.2) is 5.69 Å². The molecule has 0 unspecified atom stereocenters. The van der Waals surface area contributed by atoms with E-state index in [4.69, 9.17) is 15.2 Å². The first-order chi connectivity index (χ1) is 14.0. The highest BCUT2D eigenvalue weighted by molar-refractivity contribution is 5.89. The number of methoxy groups -OCH3 is 2. The zero-order chi connectivity index (χ0) is 20.8. The minimum atomic E-state index is -0.452. The summed E-state index contributed by atoms with van der Waals surface area (Å²) >= 11 is 0. The highest BCUT2D eigenvalue weighted by atomic mass is 16.5. The predicted octanol–water partition coefficient (Wildman–Crippen LogP) is 3.22. The van der Waals surface area contributed by atoms with Crippen LogP contribution < -0.4 is 15.2 Å². The monoisotopic (exact) mass is 395 g/mol. The van der Waals surface area contributed by atoms with E-state index in [1.54, 1.807) is 48.5 Å². The van der Waals surface area contributed by atoms with Crippen molar-refractivity contribution in [2.24, 2.45) is 0 Å². The highest BCUT2D eigenvalue weighted by Gasteiger charge is 2.14. The molecule has 0 radical (unpaired) electrons. The Balaban J connectivity index is 1.75. The van der Waals surface area contributed by atoms with Gasteiger partial charge in [0.1, 0.15) is 17.8 Å². The first kappa shape index (κ1) is 19.6. The molecule has 1 aromatic heterocycles. The average molecular weight is 395 g/mol. The lowest BCUT2D eigenvalue weighted by molar-refractivity contribution is 0.0592. The Morgan fingerprint density at radius 2 is 1.10 bits per heavy atom. The summed E-state index contributed by atoms with van der Waals surface area (Å²) in [4.78, 5) is 31.0. The molecule has 0 spiro atoms. The van der Waals surface area contributed by atoms with Crippen LogP contribution in [-0.4, -0.2) is 36.1 Å². The zero-order valence-corrected chi connectivity index (χ0v) is 15.6. The van der Waals surface area contributed by atoms with E-state index < -0.39 is 11.9 Å². The largest absolute Gasteiger partial charge is 0.465 e. The quantitative estimate of drug-likeness (QED) is 0.627. The second kappa shape index (κ2) is 8.70. The summed E-state index contributed by atoms with van der Waals surface area (Å²) in [5.74, 6) is 0.103. The first-order valence-electron chi connectivity index (χ1n) is 8.34. The van der Waals surface area contributed by atoms with Crippen molar-refractivity contribution in [2.75, 3.05) is 20.0 Å². The number of ether oxygens (including phenoxy) is 4. The van der Waals surface area contributed by atoms with E-state index in [1.807, 2.05) is 0 Å². The van der Waals surface area contributed by atoms with Gasteiger partial charge in [-0.25, -0.2) is 9.59 Å². The summed E-state index contributed by atoms with van der Waals surface area (Å²) in [6.45, 7) is 0. The van der Waals surface area contributed by atoms with Crippen molar-refractivity contribution in [3.05, 3.63) is 66.0 Å². The van der Waals surface area contributed by atoms with Crippen molar-refractivity contribution < 1.29 is 28.5 Å². The number of benzene rings is 2. The van der Waals surface area contributed by atoms with Crippen LogP contribution in [0.5, 0.6) is 23.3 Å². The third kappa shape index (κ3) is 4.59. The van der Waals surface area contributed by atoms with Gasteiger partial charge in [-0.05, 0) is 48.5 Å². The fraction of sp³-hybridized carbons (Fsp3) is 0.100. The van der Waals surface area contributed by atoms with Crippen molar-refractivity contribution in [3.8, 4) is 23.3 Å². The van der Waals surface area contributed by atoms with Gasteiger partial charge in [-0.2, -0.15) is 9.97 Å². The molecular formula is C20H17N3O6. The number of nitrogens with two attached hydrogens (primary N) is 1. The van der Waals surface area contributed by atoms with Crippen LogP contribution in [0.25, 0.3) is 0 Å². The number of aromatic nitrogens is 2. The number of nitrogen functional groups attached to an aromatic ring is 1. The van der Waals surface area contributed by atoms with Crippen molar-refractivity contribution in [1.29, 1.82) is 0 Å². The summed E-state index contributed by atoms with van der Waals surface area (Å²) in [7, 11) is 2.61. The van der Waals surface area contributed by atoms with Gasteiger partial charge < -0.3 is 24.7 Å². The summed E-state index contributed by atoms with van der Waals surface area (Å²) in [6, 6.07) is 12.6. The zero-order valence-electron chi connectivity index (χ0n) is 15.6. The van der Waals surface area contributed by atoms with Crippen LogP contribution in [0.3, 0.4) is 0 Å². The molecule has 3 rings (SSSR count). The van der Waals surface area contributed by atoms with Crippen LogP contribution in [0, 0.1) is 0 Å². The topological polar surface area (TPSA) is 123 Å². The third-order valence-corrected chi connectivity index (χ3v) is 3.79. The fourth-order valence-corrected chi connectivity index (χ4v) is 2.30. The summed E-state index contributed by atoms with van der Waals surface area (Å²) in [5, 5.41) is 0. The van der Waals surface area contributed by atoms with E-state index in [1.165, 1.54) is 20.5 Å². The van der Waals surface area contributed by atoms with E-state index in [-0.39, 0.29) is 17.4 Å². The highest BCUT2D eigenvalue weighted by Crippen LogP contribution is 2.33. The van der Waals surface area contributed by atoms with Gasteiger partial charge in [0.25, 0.3) is 0 Å². The molecule has 0 atom stereocenters. The van der Waals surface area contributed by atoms with Crippen LogP contribution in [0.2, 0.25) is 0 Å². The van der Waals surface area contributed by atoms with Gasteiger partial charge in [0, 0.05) is 0 Å². The summed E-state index contributed by atoms with van der Waals surface area (Å²) in [6.07, 6.45) is 1.24. The third-order valence-electron chi connectivity index (χ3n) is 3.79. The maximum absolute atomic E-state index is 11.5. The molecular weight excluding hydrogens is 378 g/mol. The van der Waals surface area contributed by atoms with Gasteiger partial charge in [0.2, 0.25) is 11.8 Å². The Morgan fingerprint density at radius 1 is 0.724 bits per heavy atom. The lowest BCUT2D eigenvalue weighted by Crippen LogP contribution is -2.02. The molecule has 9 heteroatoms. The standard InChI is InChI=1S/C20H17N3O6/c1-26-19(24)12-3-7-14(8-4-12)28-17-16(21)18(23-11-22-17)29-15-9-5-13(6-10-15)20(25)27-2/h3-11H,21H2,1-2H3. The van der Waals surface area contributed by atoms with Crippen LogP contribution in [0.1, 0.15) is 20.7 Å². The normalized spacial score (nSPS) is 10.1. The average Bonchev–Trinajstić information content (AvgIpc) is 2.76. The lowest BCUT2D eigenvalue weighted by Gasteiger charge is -2.11. The van der Waals surface area contributed by atoms with Crippen LogP contribution >= 0.6 is 0 Å². The van der Waals surface area contributed by atoms with Gasteiger partial charge >= 0.3 is 11.9 Å². The molecule has 2 N–H and O–H groups in total. The van der Waals surface area contributed by atoms with Gasteiger partial charge in [0.05, 0.1) is 25.3 Å². The Kier molecular flexibility index (Phi) is 5.88. The number of carbonyl (C=O) groups excluding carboxylic acids is 2. The van der Waals surface area contributed by atoms with Crippen molar-refractivity contribution in [2.45, 2.75) is 0 Å². The Morgan fingerprint density at radius 3 is 1.45 bits per heavy atom. The number of anilines is 1. The minimum Gasteiger partial charge on any atom is -0.465 e. The molecule has 3 aromatic rings. The SMILES string of the molecule is COC(=O)c1ccc(Oc2ncnc(Oc3ccc(C(=O)OC)cc3)c2N)cc1. The van der Waals surface area contributed by atoms with E-state index >= 15 is 0 Å². The van der Waals surface area contributed by atoms with Crippen LogP contribution in [0.15, 0.2) is 54.9 Å². The molecule has 0 saturated carbocycles. The van der Waals surface area contributed by atoms with Gasteiger partial charge in [-0.3, -0.25) is 0 Å². The van der Waals surface area contributed by atoms with E-state index in [0.717, 1.165) is 0 Å². The molecule has 0 fully saturated rings. The molecule has 1 heterocycles. The number of hydrogen-bond donors (Lipinski definition) is 1. The van der Waals surface area contributed by atoms with Crippen LogP contribution in [0.4, 0.5) is 5.69 Å². The predicted molar refractivity (Wildman–Crippen MR) is 102 cm³/mol. The maximum atomic E-state index is 11.5. The van der Waals surface area contributed by atoms with Crippen molar-refractivity contribution in [1.82, 2.24) is 9.97 Å². The number of nitrogens with zero attached hydrogens (tertiary/aromatic N) is 2. The van der Waals surface area contributed by atoms with Gasteiger partial charge in [-0.15, -0.1) is 0 Å².